The van der Waals surface area contributed by atoms with Gasteiger partial charge in [0.2, 0.25) is 0 Å². The number of nitrogens with zero attached hydrogens (tertiary/aromatic N) is 1. The molecule has 6 nitrogen and oxygen atoms in total. The van der Waals surface area contributed by atoms with Gasteiger partial charge in [-0.1, -0.05) is 48.5 Å². The highest BCUT2D eigenvalue weighted by molar-refractivity contribution is 6.55. The number of esters is 1. The Labute approximate surface area is 192 Å². The Balaban J connectivity index is 1.60. The Morgan fingerprint density at radius 3 is 2.61 bits per heavy atom. The van der Waals surface area contributed by atoms with Gasteiger partial charge in [0.05, 0.1) is 19.3 Å². The van der Waals surface area contributed by atoms with Crippen LogP contribution in [0.1, 0.15) is 29.7 Å². The van der Waals surface area contributed by atoms with E-state index in [2.05, 4.69) is 0 Å². The van der Waals surface area contributed by atoms with E-state index in [0.29, 0.717) is 35.0 Å². The van der Waals surface area contributed by atoms with E-state index in [0.717, 1.165) is 16.9 Å². The molecule has 166 valence electrons. The summed E-state index contributed by atoms with van der Waals surface area (Å²) in [5.41, 5.74) is 3.46. The maximum absolute atomic E-state index is 12.9. The van der Waals surface area contributed by atoms with Gasteiger partial charge in [-0.25, -0.2) is 4.79 Å². The van der Waals surface area contributed by atoms with Gasteiger partial charge < -0.3 is 18.9 Å². The molecule has 0 saturated heterocycles. The molecule has 0 saturated carbocycles. The molecule has 2 aliphatic heterocycles. The summed E-state index contributed by atoms with van der Waals surface area (Å²) in [7, 11) is 1.60. The minimum absolute atomic E-state index is 0.237. The van der Waals surface area contributed by atoms with Crippen molar-refractivity contribution in [2.45, 2.75) is 19.6 Å². The van der Waals surface area contributed by atoms with Crippen LogP contribution >= 0.6 is 0 Å². The molecule has 5 rings (SSSR count). The van der Waals surface area contributed by atoms with E-state index in [1.165, 1.54) is 0 Å². The van der Waals surface area contributed by atoms with Crippen LogP contribution in [-0.4, -0.2) is 25.4 Å². The maximum Gasteiger partial charge on any atom is 0.357 e. The predicted molar refractivity (Wildman–Crippen MR) is 125 cm³/mol. The van der Waals surface area contributed by atoms with Crippen molar-refractivity contribution in [3.63, 3.8) is 0 Å². The Hall–Kier alpha value is -4.06. The van der Waals surface area contributed by atoms with Gasteiger partial charge >= 0.3 is 5.97 Å². The maximum atomic E-state index is 12.9. The highest BCUT2D eigenvalue weighted by Crippen LogP contribution is 2.50. The van der Waals surface area contributed by atoms with Crippen LogP contribution < -0.4 is 14.2 Å². The number of aliphatic imine (C=N–C) groups is 1. The van der Waals surface area contributed by atoms with Gasteiger partial charge in [-0.3, -0.25) is 4.99 Å². The molecule has 33 heavy (non-hydrogen) atoms. The molecule has 0 radical (unpaired) electrons. The Bertz CT molecular complexity index is 1260. The van der Waals surface area contributed by atoms with Gasteiger partial charge in [0.1, 0.15) is 35.7 Å². The fraction of sp³-hybridized carbons (Fsp3) is 0.185. The van der Waals surface area contributed by atoms with Crippen molar-refractivity contribution >= 4 is 17.3 Å². The number of benzene rings is 3. The van der Waals surface area contributed by atoms with Gasteiger partial charge in [0.25, 0.3) is 0 Å². The third-order valence-corrected chi connectivity index (χ3v) is 5.59. The summed E-state index contributed by atoms with van der Waals surface area (Å²) in [6, 6.07) is 22.7. The topological polar surface area (TPSA) is 66.4 Å². The summed E-state index contributed by atoms with van der Waals surface area (Å²) < 4.78 is 23.2. The number of para-hydroxylation sites is 1. The lowest BCUT2D eigenvalue weighted by Crippen LogP contribution is -2.19. The molecule has 1 unspecified atom stereocenters. The first-order valence-electron chi connectivity index (χ1n) is 10.8. The highest BCUT2D eigenvalue weighted by atomic mass is 16.5. The van der Waals surface area contributed by atoms with Crippen molar-refractivity contribution in [2.75, 3.05) is 13.7 Å². The van der Waals surface area contributed by atoms with Crippen molar-refractivity contribution in [1.82, 2.24) is 0 Å². The van der Waals surface area contributed by atoms with E-state index >= 15 is 0 Å². The van der Waals surface area contributed by atoms with Gasteiger partial charge in [-0.2, -0.15) is 0 Å². The number of hydrogen-bond acceptors (Lipinski definition) is 6. The standard InChI is InChI=1S/C27H23NO5/c1-3-31-27(29)25-23(26-24(28-25)20-11-7-8-12-21(20)33-26)19-14-13-18(30-2)15-22(19)32-16-17-9-5-4-6-10-17/h4-15,24H,3,16H2,1-2H3. The molecule has 6 heteroatoms. The molecule has 0 fully saturated rings. The summed E-state index contributed by atoms with van der Waals surface area (Å²) in [5, 5.41) is 0. The van der Waals surface area contributed by atoms with Crippen molar-refractivity contribution in [3.05, 3.63) is 95.2 Å². The van der Waals surface area contributed by atoms with E-state index < -0.39 is 5.97 Å². The zero-order valence-corrected chi connectivity index (χ0v) is 18.4. The van der Waals surface area contributed by atoms with Gasteiger partial charge in [0, 0.05) is 17.2 Å². The van der Waals surface area contributed by atoms with E-state index in [-0.39, 0.29) is 18.4 Å². The first-order valence-corrected chi connectivity index (χ1v) is 10.8. The molecule has 0 spiro atoms. The lowest BCUT2D eigenvalue weighted by atomic mass is 9.98. The average molecular weight is 441 g/mol. The Kier molecular flexibility index (Phi) is 5.57. The van der Waals surface area contributed by atoms with Gasteiger partial charge in [-0.15, -0.1) is 0 Å². The second kappa shape index (κ2) is 8.82. The van der Waals surface area contributed by atoms with Crippen LogP contribution in [0.2, 0.25) is 0 Å². The molecule has 0 N–H and O–H groups in total. The van der Waals surface area contributed by atoms with Crippen LogP contribution in [0.4, 0.5) is 0 Å². The molecule has 2 aliphatic rings. The summed E-state index contributed by atoms with van der Waals surface area (Å²) in [5.74, 6) is 2.07. The molecular weight excluding hydrogens is 418 g/mol. The fourth-order valence-corrected chi connectivity index (χ4v) is 4.05. The van der Waals surface area contributed by atoms with Crippen LogP contribution in [0, 0.1) is 0 Å². The monoisotopic (exact) mass is 441 g/mol. The van der Waals surface area contributed by atoms with Crippen LogP contribution in [-0.2, 0) is 16.1 Å². The van der Waals surface area contributed by atoms with Crippen LogP contribution in [0.15, 0.2) is 83.5 Å². The molecule has 3 aromatic rings. The van der Waals surface area contributed by atoms with E-state index in [1.54, 1.807) is 14.0 Å². The second-order valence-corrected chi connectivity index (χ2v) is 7.62. The Morgan fingerprint density at radius 1 is 1.03 bits per heavy atom. The number of hydrogen-bond donors (Lipinski definition) is 0. The van der Waals surface area contributed by atoms with Crippen molar-refractivity contribution in [1.29, 1.82) is 0 Å². The van der Waals surface area contributed by atoms with Gasteiger partial charge in [-0.05, 0) is 30.7 Å². The number of carbonyl (C=O) groups is 1. The predicted octanol–water partition coefficient (Wildman–Crippen LogP) is 5.14. The minimum Gasteiger partial charge on any atom is -0.497 e. The summed E-state index contributed by atoms with van der Waals surface area (Å²) in [6.45, 7) is 2.39. The summed E-state index contributed by atoms with van der Waals surface area (Å²) in [6.07, 6.45) is 0. The van der Waals surface area contributed by atoms with Crippen LogP contribution in [0.25, 0.3) is 5.57 Å². The SMILES string of the molecule is CCOC(=O)C1=NC2C(=C1c1ccc(OC)cc1OCc1ccccc1)Oc1ccccc12. The van der Waals surface area contributed by atoms with Crippen molar-refractivity contribution < 1.29 is 23.7 Å². The molecule has 0 bridgehead atoms. The zero-order valence-electron chi connectivity index (χ0n) is 18.4. The minimum atomic E-state index is -0.486. The first kappa shape index (κ1) is 20.8. The third kappa shape index (κ3) is 3.84. The number of ether oxygens (including phenoxy) is 4. The second-order valence-electron chi connectivity index (χ2n) is 7.62. The van der Waals surface area contributed by atoms with E-state index in [9.17, 15) is 4.79 Å². The largest absolute Gasteiger partial charge is 0.497 e. The van der Waals surface area contributed by atoms with E-state index in [4.69, 9.17) is 23.9 Å². The van der Waals surface area contributed by atoms with Crippen LogP contribution in [0.3, 0.4) is 0 Å². The molecule has 0 aromatic heterocycles. The average Bonchev–Trinajstić information content (AvgIpc) is 3.40. The lowest BCUT2D eigenvalue weighted by molar-refractivity contribution is -0.134. The van der Waals surface area contributed by atoms with Gasteiger partial charge in [0.15, 0.2) is 5.71 Å². The Morgan fingerprint density at radius 2 is 1.82 bits per heavy atom. The zero-order chi connectivity index (χ0) is 22.8. The molecule has 0 aliphatic carbocycles. The summed E-state index contributed by atoms with van der Waals surface area (Å²) in [4.78, 5) is 17.6. The van der Waals surface area contributed by atoms with Crippen molar-refractivity contribution in [2.24, 2.45) is 4.99 Å². The normalized spacial score (nSPS) is 15.9. The quantitative estimate of drug-likeness (QED) is 0.475. The number of methoxy groups -OCH3 is 1. The number of rotatable bonds is 7. The molecule has 1 atom stereocenters. The molecular formula is C27H23NO5. The molecule has 2 heterocycles. The molecule has 0 amide bonds. The van der Waals surface area contributed by atoms with E-state index in [1.807, 2.05) is 72.8 Å². The lowest BCUT2D eigenvalue weighted by Gasteiger charge is -2.16. The summed E-state index contributed by atoms with van der Waals surface area (Å²) >= 11 is 0. The number of fused-ring (bicyclic) bond motifs is 3. The van der Waals surface area contributed by atoms with Crippen LogP contribution in [0.5, 0.6) is 17.2 Å². The molecule has 3 aromatic carbocycles. The fourth-order valence-electron chi connectivity index (χ4n) is 4.05. The highest BCUT2D eigenvalue weighted by Gasteiger charge is 2.42. The first-order chi connectivity index (χ1) is 16.2. The smallest absolute Gasteiger partial charge is 0.357 e. The number of carbonyl (C=O) groups excluding carboxylic acids is 1. The van der Waals surface area contributed by atoms with Crippen molar-refractivity contribution in [3.8, 4) is 17.2 Å². The third-order valence-electron chi connectivity index (χ3n) is 5.59.